The van der Waals surface area contributed by atoms with Crippen LogP contribution in [0.3, 0.4) is 0 Å². The van der Waals surface area contributed by atoms with Gasteiger partial charge in [0.2, 0.25) is 5.91 Å². The summed E-state index contributed by atoms with van der Waals surface area (Å²) in [4.78, 5) is 25.8. The van der Waals surface area contributed by atoms with E-state index < -0.39 is 11.9 Å². The number of carboxylic acid groups (broad SMARTS) is 1. The lowest BCUT2D eigenvalue weighted by Crippen LogP contribution is -2.55. The van der Waals surface area contributed by atoms with E-state index in [0.717, 1.165) is 25.8 Å². The van der Waals surface area contributed by atoms with Crippen molar-refractivity contribution in [2.24, 2.45) is 11.8 Å². The second kappa shape index (κ2) is 7.22. The summed E-state index contributed by atoms with van der Waals surface area (Å²) >= 11 is 0. The first-order valence-electron chi connectivity index (χ1n) is 7.92. The fourth-order valence-electron chi connectivity index (χ4n) is 3.40. The molecule has 4 unspecified atom stereocenters. The molecule has 6 nitrogen and oxygen atoms in total. The molecule has 0 spiro atoms. The Labute approximate surface area is 125 Å². The molecule has 2 N–H and O–H groups in total. The number of carboxylic acids is 1. The molecule has 2 saturated heterocycles. The Morgan fingerprint density at radius 1 is 1.33 bits per heavy atom. The zero-order valence-corrected chi connectivity index (χ0v) is 12.9. The number of likely N-dealkylation sites (N-methyl/N-ethyl adjacent to an activating group) is 1. The summed E-state index contributed by atoms with van der Waals surface area (Å²) in [7, 11) is 0. The smallest absolute Gasteiger partial charge is 0.311 e. The van der Waals surface area contributed by atoms with Crippen LogP contribution in [0.5, 0.6) is 0 Å². The molecule has 0 aromatic rings. The lowest BCUT2D eigenvalue weighted by atomic mass is 9.89. The highest BCUT2D eigenvalue weighted by molar-refractivity contribution is 5.83. The molecule has 2 aliphatic heterocycles. The molecule has 0 aromatic carbocycles. The monoisotopic (exact) mass is 298 g/mol. The average Bonchev–Trinajstić information content (AvgIpc) is 2.97. The molecular weight excluding hydrogens is 272 g/mol. The Morgan fingerprint density at radius 3 is 2.71 bits per heavy atom. The van der Waals surface area contributed by atoms with Crippen LogP contribution in [0.2, 0.25) is 0 Å². The molecule has 0 aromatic heterocycles. The number of carbonyl (C=O) groups is 2. The minimum absolute atomic E-state index is 0.0254. The summed E-state index contributed by atoms with van der Waals surface area (Å²) < 4.78 is 5.30. The summed E-state index contributed by atoms with van der Waals surface area (Å²) in [6, 6.07) is -0.525. The Balaban J connectivity index is 2.06. The Morgan fingerprint density at radius 2 is 2.10 bits per heavy atom. The normalized spacial score (nSPS) is 32.9. The molecule has 0 saturated carbocycles. The van der Waals surface area contributed by atoms with E-state index in [-0.39, 0.29) is 24.6 Å². The maximum Gasteiger partial charge on any atom is 0.311 e. The number of hydrogen-bond donors (Lipinski definition) is 2. The van der Waals surface area contributed by atoms with Gasteiger partial charge in [-0.2, -0.15) is 0 Å². The third-order valence-electron chi connectivity index (χ3n) is 4.78. The van der Waals surface area contributed by atoms with Crippen LogP contribution in [-0.4, -0.2) is 60.3 Å². The molecule has 0 bridgehead atoms. The number of hydrogen-bond acceptors (Lipinski definition) is 4. The Bertz CT molecular complexity index is 388. The van der Waals surface area contributed by atoms with E-state index in [0.29, 0.717) is 19.1 Å². The summed E-state index contributed by atoms with van der Waals surface area (Å²) in [5, 5.41) is 12.6. The number of nitrogens with zero attached hydrogens (tertiary/aromatic N) is 1. The van der Waals surface area contributed by atoms with Crippen LogP contribution in [0.25, 0.3) is 0 Å². The third-order valence-corrected chi connectivity index (χ3v) is 4.78. The van der Waals surface area contributed by atoms with Crippen molar-refractivity contribution in [1.29, 1.82) is 0 Å². The number of piperidine rings is 1. The van der Waals surface area contributed by atoms with Gasteiger partial charge in [0.1, 0.15) is 5.92 Å². The molecule has 2 heterocycles. The summed E-state index contributed by atoms with van der Waals surface area (Å²) in [6.45, 7) is 5.94. The SMILES string of the molecule is CCC1CCNC(C(=O)N(CC)C2COCC2C(=O)O)C1. The van der Waals surface area contributed by atoms with Gasteiger partial charge in [0.25, 0.3) is 0 Å². The van der Waals surface area contributed by atoms with Crippen molar-refractivity contribution >= 4 is 11.9 Å². The van der Waals surface area contributed by atoms with Crippen molar-refractivity contribution in [2.45, 2.75) is 45.2 Å². The largest absolute Gasteiger partial charge is 0.481 e. The minimum atomic E-state index is -0.883. The van der Waals surface area contributed by atoms with E-state index in [2.05, 4.69) is 12.2 Å². The van der Waals surface area contributed by atoms with Crippen molar-refractivity contribution in [3.8, 4) is 0 Å². The van der Waals surface area contributed by atoms with Gasteiger partial charge in [-0.25, -0.2) is 0 Å². The number of carbonyl (C=O) groups excluding carboxylic acids is 1. The Kier molecular flexibility index (Phi) is 5.58. The number of rotatable bonds is 5. The first-order valence-corrected chi connectivity index (χ1v) is 7.92. The van der Waals surface area contributed by atoms with Crippen molar-refractivity contribution < 1.29 is 19.4 Å². The molecule has 21 heavy (non-hydrogen) atoms. The van der Waals surface area contributed by atoms with Crippen molar-refractivity contribution in [2.75, 3.05) is 26.3 Å². The second-order valence-electron chi connectivity index (χ2n) is 5.98. The highest BCUT2D eigenvalue weighted by Crippen LogP contribution is 2.24. The molecule has 2 rings (SSSR count). The van der Waals surface area contributed by atoms with Crippen molar-refractivity contribution in [1.82, 2.24) is 10.2 Å². The minimum Gasteiger partial charge on any atom is -0.481 e. The highest BCUT2D eigenvalue weighted by atomic mass is 16.5. The van der Waals surface area contributed by atoms with Crippen LogP contribution in [0.1, 0.15) is 33.1 Å². The van der Waals surface area contributed by atoms with Crippen molar-refractivity contribution in [3.05, 3.63) is 0 Å². The molecule has 2 aliphatic rings. The molecule has 4 atom stereocenters. The van der Waals surface area contributed by atoms with Crippen LogP contribution >= 0.6 is 0 Å². The average molecular weight is 298 g/mol. The molecule has 120 valence electrons. The molecule has 2 fully saturated rings. The van der Waals surface area contributed by atoms with E-state index in [1.165, 1.54) is 0 Å². The lowest BCUT2D eigenvalue weighted by Gasteiger charge is -2.36. The summed E-state index contributed by atoms with van der Waals surface area (Å²) in [6.07, 6.45) is 3.04. The predicted molar refractivity (Wildman–Crippen MR) is 77.9 cm³/mol. The van der Waals surface area contributed by atoms with Crippen LogP contribution in [0.4, 0.5) is 0 Å². The van der Waals surface area contributed by atoms with Crippen LogP contribution in [0, 0.1) is 11.8 Å². The number of amides is 1. The fourth-order valence-corrected chi connectivity index (χ4v) is 3.40. The number of ether oxygens (including phenoxy) is 1. The number of aliphatic carboxylic acids is 1. The van der Waals surface area contributed by atoms with E-state index in [9.17, 15) is 14.7 Å². The van der Waals surface area contributed by atoms with E-state index >= 15 is 0 Å². The number of nitrogens with one attached hydrogen (secondary N) is 1. The molecular formula is C15H26N2O4. The van der Waals surface area contributed by atoms with E-state index in [1.807, 2.05) is 6.92 Å². The first kappa shape index (κ1) is 16.2. The van der Waals surface area contributed by atoms with Crippen LogP contribution in [-0.2, 0) is 14.3 Å². The second-order valence-corrected chi connectivity index (χ2v) is 5.98. The van der Waals surface area contributed by atoms with Gasteiger partial charge < -0.3 is 20.1 Å². The van der Waals surface area contributed by atoms with Gasteiger partial charge >= 0.3 is 5.97 Å². The van der Waals surface area contributed by atoms with Gasteiger partial charge in [-0.3, -0.25) is 9.59 Å². The summed E-state index contributed by atoms with van der Waals surface area (Å²) in [5.74, 6) is -0.891. The predicted octanol–water partition coefficient (Wildman–Crippen LogP) is 0.713. The van der Waals surface area contributed by atoms with Gasteiger partial charge in [0.15, 0.2) is 0 Å². The van der Waals surface area contributed by atoms with Crippen LogP contribution < -0.4 is 5.32 Å². The van der Waals surface area contributed by atoms with E-state index in [1.54, 1.807) is 4.90 Å². The third kappa shape index (κ3) is 3.55. The highest BCUT2D eigenvalue weighted by Gasteiger charge is 2.41. The lowest BCUT2D eigenvalue weighted by molar-refractivity contribution is -0.145. The summed E-state index contributed by atoms with van der Waals surface area (Å²) in [5.41, 5.74) is 0. The van der Waals surface area contributed by atoms with E-state index in [4.69, 9.17) is 4.74 Å². The molecule has 0 radical (unpaired) electrons. The maximum atomic E-state index is 12.8. The maximum absolute atomic E-state index is 12.8. The zero-order chi connectivity index (χ0) is 15.4. The van der Waals surface area contributed by atoms with Gasteiger partial charge in [0.05, 0.1) is 25.3 Å². The van der Waals surface area contributed by atoms with Crippen LogP contribution in [0.15, 0.2) is 0 Å². The zero-order valence-electron chi connectivity index (χ0n) is 12.9. The molecule has 6 heteroatoms. The van der Waals surface area contributed by atoms with Gasteiger partial charge in [-0.05, 0) is 32.2 Å². The fraction of sp³-hybridized carbons (Fsp3) is 0.867. The van der Waals surface area contributed by atoms with Gasteiger partial charge in [-0.15, -0.1) is 0 Å². The molecule has 0 aliphatic carbocycles. The topological polar surface area (TPSA) is 78.9 Å². The molecule has 1 amide bonds. The first-order chi connectivity index (χ1) is 10.1. The Hall–Kier alpha value is -1.14. The standard InChI is InChI=1S/C15H26N2O4/c1-3-10-5-6-16-12(7-10)14(18)17(4-2)13-9-21-8-11(13)15(19)20/h10-13,16H,3-9H2,1-2H3,(H,19,20). The quantitative estimate of drug-likeness (QED) is 0.781. The van der Waals surface area contributed by atoms with Gasteiger partial charge in [-0.1, -0.05) is 13.3 Å². The van der Waals surface area contributed by atoms with Crippen molar-refractivity contribution in [3.63, 3.8) is 0 Å². The van der Waals surface area contributed by atoms with Gasteiger partial charge in [0, 0.05) is 6.54 Å².